The van der Waals surface area contributed by atoms with E-state index in [9.17, 15) is 0 Å². The van der Waals surface area contributed by atoms with Crippen LogP contribution >= 0.6 is 22.7 Å². The minimum atomic E-state index is -2.50. The molecule has 6 heteroatoms. The van der Waals surface area contributed by atoms with Crippen molar-refractivity contribution in [2.75, 3.05) is 0 Å². The second kappa shape index (κ2) is 13.7. The van der Waals surface area contributed by atoms with Crippen LogP contribution in [0.2, 0.25) is 29.6 Å². The third-order valence-corrected chi connectivity index (χ3v) is 20.5. The molecule has 0 aliphatic rings. The third kappa shape index (κ3) is 7.23. The Morgan fingerprint density at radius 1 is 0.548 bits per heavy atom. The third-order valence-electron chi connectivity index (χ3n) is 8.30. The molecule has 0 bridgehead atoms. The summed E-state index contributed by atoms with van der Waals surface area (Å²) in [5.41, 5.74) is 4.68. The summed E-state index contributed by atoms with van der Waals surface area (Å²) in [6, 6.07) is 14.2. The number of hydrogen-bond donors (Lipinski definition) is 0. The van der Waals surface area contributed by atoms with Crippen LogP contribution in [0, 0.1) is 0 Å². The number of aryl methyl sites for hydroxylation is 2. The molecule has 0 saturated heterocycles. The topological polar surface area (TPSA) is 26.3 Å². The van der Waals surface area contributed by atoms with E-state index < -0.39 is 36.8 Å². The fraction of sp³-hybridized carbons (Fsp3) is 0.500. The SMILES string of the molecule is CCCCCCc1ccc(-c2c3c[c]([Sn]([CH3])([CH3])[CH3])oc3c(-c3ccc(CCCCCC)s3)c3c[c]([Sn]([CH3])([CH3])[CH3])oc23)s1. The summed E-state index contributed by atoms with van der Waals surface area (Å²) >= 11 is -1.08. The van der Waals surface area contributed by atoms with Crippen LogP contribution in [0.5, 0.6) is 0 Å². The van der Waals surface area contributed by atoms with Gasteiger partial charge in [-0.3, -0.25) is 0 Å². The molecule has 5 rings (SSSR count). The van der Waals surface area contributed by atoms with Crippen LogP contribution in [0.4, 0.5) is 0 Å². The number of furan rings is 2. The van der Waals surface area contributed by atoms with Gasteiger partial charge in [0.2, 0.25) is 0 Å². The van der Waals surface area contributed by atoms with Gasteiger partial charge >= 0.3 is 259 Å². The van der Waals surface area contributed by atoms with E-state index in [4.69, 9.17) is 8.83 Å². The maximum atomic E-state index is 6.98. The summed E-state index contributed by atoms with van der Waals surface area (Å²) in [7, 11) is 0. The first-order valence-corrected chi connectivity index (χ1v) is 37.8. The molecule has 0 N–H and O–H groups in total. The van der Waals surface area contributed by atoms with Gasteiger partial charge < -0.3 is 0 Å². The average Bonchev–Trinajstić information content (AvgIpc) is 3.73. The summed E-state index contributed by atoms with van der Waals surface area (Å²) < 4.78 is 16.5. The number of rotatable bonds is 14. The van der Waals surface area contributed by atoms with Crippen LogP contribution in [0.25, 0.3) is 42.8 Å². The summed E-state index contributed by atoms with van der Waals surface area (Å²) in [5, 5.41) is 2.50. The fourth-order valence-electron chi connectivity index (χ4n) is 5.74. The van der Waals surface area contributed by atoms with Gasteiger partial charge in [-0.15, -0.1) is 0 Å². The average molecular weight is 816 g/mol. The number of fused-ring (bicyclic) bond motifs is 2. The molecule has 0 atom stereocenters. The first-order chi connectivity index (χ1) is 20.0. The Morgan fingerprint density at radius 2 is 0.952 bits per heavy atom. The minimum absolute atomic E-state index is 1.08. The number of benzene rings is 1. The molecule has 0 amide bonds. The molecular formula is C36H50O2S2Sn2. The van der Waals surface area contributed by atoms with Crippen LogP contribution in [0.15, 0.2) is 45.2 Å². The molecule has 42 heavy (non-hydrogen) atoms. The van der Waals surface area contributed by atoms with Gasteiger partial charge in [0.1, 0.15) is 0 Å². The van der Waals surface area contributed by atoms with E-state index in [1.54, 1.807) is 0 Å². The van der Waals surface area contributed by atoms with Crippen molar-refractivity contribution in [3.63, 3.8) is 0 Å². The van der Waals surface area contributed by atoms with Crippen molar-refractivity contribution in [2.24, 2.45) is 0 Å². The zero-order chi connectivity index (χ0) is 30.1. The molecule has 0 unspecified atom stereocenters. The number of hydrogen-bond acceptors (Lipinski definition) is 4. The summed E-state index contributed by atoms with van der Waals surface area (Å²) in [5.74, 6) is 0. The van der Waals surface area contributed by atoms with Gasteiger partial charge in [-0.05, 0) is 0 Å². The van der Waals surface area contributed by atoms with Crippen molar-refractivity contribution in [1.29, 1.82) is 0 Å². The van der Waals surface area contributed by atoms with Crippen LogP contribution in [-0.2, 0) is 12.8 Å². The predicted octanol–water partition coefficient (Wildman–Crippen LogP) is 12.0. The van der Waals surface area contributed by atoms with E-state index in [-0.39, 0.29) is 0 Å². The molecule has 0 spiro atoms. The van der Waals surface area contributed by atoms with Crippen molar-refractivity contribution >= 4 is 88.9 Å². The first kappa shape index (κ1) is 32.7. The molecule has 0 fully saturated rings. The van der Waals surface area contributed by atoms with Crippen LogP contribution in [0.1, 0.15) is 75.0 Å². The van der Waals surface area contributed by atoms with Gasteiger partial charge in [-0.2, -0.15) is 0 Å². The Balaban J connectivity index is 1.71. The summed E-state index contributed by atoms with van der Waals surface area (Å²) in [6.07, 6.45) is 12.7. The van der Waals surface area contributed by atoms with Gasteiger partial charge in [0.05, 0.1) is 0 Å². The molecule has 226 valence electrons. The quantitative estimate of drug-likeness (QED) is 0.0824. The zero-order valence-electron chi connectivity index (χ0n) is 27.2. The fourth-order valence-corrected chi connectivity index (χ4v) is 13.6. The number of unbranched alkanes of at least 4 members (excludes halogenated alkanes) is 6. The van der Waals surface area contributed by atoms with E-state index >= 15 is 0 Å². The van der Waals surface area contributed by atoms with E-state index in [1.165, 1.54) is 113 Å². The van der Waals surface area contributed by atoms with E-state index in [0.29, 0.717) is 0 Å². The molecule has 5 aromatic rings. The second-order valence-corrected chi connectivity index (χ2v) is 44.9. The van der Waals surface area contributed by atoms with Gasteiger partial charge in [0.25, 0.3) is 0 Å². The van der Waals surface area contributed by atoms with Gasteiger partial charge in [0, 0.05) is 0 Å². The molecule has 0 aliphatic carbocycles. The van der Waals surface area contributed by atoms with E-state index in [2.05, 4.69) is 79.9 Å². The zero-order valence-corrected chi connectivity index (χ0v) is 34.5. The van der Waals surface area contributed by atoms with E-state index in [1.807, 2.05) is 22.7 Å². The van der Waals surface area contributed by atoms with Gasteiger partial charge in [-0.1, -0.05) is 13.8 Å². The van der Waals surface area contributed by atoms with Crippen LogP contribution in [0.3, 0.4) is 0 Å². The van der Waals surface area contributed by atoms with Crippen molar-refractivity contribution in [2.45, 2.75) is 108 Å². The normalized spacial score (nSPS) is 12.8. The molecule has 0 radical (unpaired) electrons. The molecule has 4 aromatic heterocycles. The standard InChI is InChI=1S/C30H32O2S2.6CH3.2Sn/c1-3-5-7-9-11-21-13-15-25(33-21)27-23-17-19-32-30(23)28(24-18-20-31-29(24)27)26-16-14-22(34-26)12-10-8-6-4-2;;;;;;;;/h13-18H,3-12H2,1-2H3;6*1H3;;. The van der Waals surface area contributed by atoms with Gasteiger partial charge in [-0.25, -0.2) is 0 Å². The summed E-state index contributed by atoms with van der Waals surface area (Å²) in [6.45, 7) is 4.57. The Bertz CT molecular complexity index is 1460. The number of thiophene rings is 2. The molecule has 1 aromatic carbocycles. The molecule has 2 nitrogen and oxygen atoms in total. The monoisotopic (exact) mass is 818 g/mol. The Kier molecular flexibility index (Phi) is 10.7. The van der Waals surface area contributed by atoms with Crippen molar-refractivity contribution < 1.29 is 8.83 Å². The van der Waals surface area contributed by atoms with Gasteiger partial charge in [0.15, 0.2) is 0 Å². The van der Waals surface area contributed by atoms with Crippen molar-refractivity contribution in [1.82, 2.24) is 0 Å². The molecule has 4 heterocycles. The molecular weight excluding hydrogens is 766 g/mol. The maximum absolute atomic E-state index is 6.98. The van der Waals surface area contributed by atoms with Crippen LogP contribution < -0.4 is 7.55 Å². The summed E-state index contributed by atoms with van der Waals surface area (Å²) in [4.78, 5) is 20.4. The predicted molar refractivity (Wildman–Crippen MR) is 194 cm³/mol. The second-order valence-electron chi connectivity index (χ2n) is 14.1. The Hall–Kier alpha value is -0.703. The van der Waals surface area contributed by atoms with E-state index in [0.717, 1.165) is 11.2 Å². The molecule has 0 aliphatic heterocycles. The Morgan fingerprint density at radius 3 is 1.31 bits per heavy atom. The van der Waals surface area contributed by atoms with Crippen molar-refractivity contribution in [3.8, 4) is 20.9 Å². The van der Waals surface area contributed by atoms with Crippen LogP contribution in [-0.4, -0.2) is 36.8 Å². The first-order valence-electron chi connectivity index (χ1n) is 16.2. The van der Waals surface area contributed by atoms with Crippen molar-refractivity contribution in [3.05, 3.63) is 46.2 Å². The Labute approximate surface area is 270 Å². The molecule has 0 saturated carbocycles.